The van der Waals surface area contributed by atoms with Gasteiger partial charge in [0, 0.05) is 9.75 Å². The largest absolute Gasteiger partial charge is 0.137 e. The molecule has 0 aliphatic rings. The molecule has 0 unspecified atom stereocenters. The number of rotatable bonds is 3. The van der Waals surface area contributed by atoms with Crippen LogP contribution in [0.5, 0.6) is 0 Å². The van der Waals surface area contributed by atoms with Gasteiger partial charge in [-0.25, -0.2) is 0 Å². The van der Waals surface area contributed by atoms with E-state index in [-0.39, 0.29) is 0 Å². The number of hydrogen-bond donors (Lipinski definition) is 0. The molecule has 2 aromatic rings. The zero-order valence-electron chi connectivity index (χ0n) is 9.26. The van der Waals surface area contributed by atoms with E-state index in [1.807, 2.05) is 13.0 Å². The Kier molecular flexibility index (Phi) is 3.73. The lowest BCUT2D eigenvalue weighted by Gasteiger charge is -1.89. The predicted molar refractivity (Wildman–Crippen MR) is 74.4 cm³/mol. The van der Waals surface area contributed by atoms with Crippen LogP contribution in [0.4, 0.5) is 0 Å². The molecule has 1 heteroatoms. The van der Waals surface area contributed by atoms with Crippen molar-refractivity contribution in [3.8, 4) is 0 Å². The highest BCUT2D eigenvalue weighted by atomic mass is 32.1. The maximum atomic E-state index is 2.16. The minimum absolute atomic E-state index is 1.24. The van der Waals surface area contributed by atoms with E-state index in [1.165, 1.54) is 15.3 Å². The lowest BCUT2D eigenvalue weighted by Crippen LogP contribution is -1.67. The fourth-order valence-corrected chi connectivity index (χ4v) is 2.34. The second-order valence-corrected chi connectivity index (χ2v) is 4.63. The molecule has 0 bridgehead atoms. The average Bonchev–Trinajstić information content (AvgIpc) is 2.76. The van der Waals surface area contributed by atoms with E-state index in [4.69, 9.17) is 0 Å². The first-order chi connectivity index (χ1) is 7.88. The van der Waals surface area contributed by atoms with Gasteiger partial charge in [0.05, 0.1) is 0 Å². The molecule has 0 N–H and O–H groups in total. The van der Waals surface area contributed by atoms with Crippen molar-refractivity contribution in [2.75, 3.05) is 0 Å². The van der Waals surface area contributed by atoms with Gasteiger partial charge in [0.1, 0.15) is 0 Å². The van der Waals surface area contributed by atoms with Crippen molar-refractivity contribution in [1.82, 2.24) is 0 Å². The Labute approximate surface area is 101 Å². The van der Waals surface area contributed by atoms with Gasteiger partial charge in [-0.3, -0.25) is 0 Å². The van der Waals surface area contributed by atoms with Gasteiger partial charge >= 0.3 is 0 Å². The zero-order valence-corrected chi connectivity index (χ0v) is 10.1. The highest BCUT2D eigenvalue weighted by molar-refractivity contribution is 7.13. The Bertz CT molecular complexity index is 489. The molecule has 0 fully saturated rings. The van der Waals surface area contributed by atoms with Gasteiger partial charge < -0.3 is 0 Å². The molecule has 0 amide bonds. The summed E-state index contributed by atoms with van der Waals surface area (Å²) >= 11 is 1.80. The summed E-state index contributed by atoms with van der Waals surface area (Å²) in [6, 6.07) is 14.7. The van der Waals surface area contributed by atoms with Crippen molar-refractivity contribution in [3.63, 3.8) is 0 Å². The minimum atomic E-state index is 1.24. The van der Waals surface area contributed by atoms with Crippen LogP contribution in [0.3, 0.4) is 0 Å². The van der Waals surface area contributed by atoms with Gasteiger partial charge in [0.25, 0.3) is 0 Å². The highest BCUT2D eigenvalue weighted by Crippen LogP contribution is 2.20. The van der Waals surface area contributed by atoms with E-state index in [9.17, 15) is 0 Å². The first kappa shape index (κ1) is 10.9. The van der Waals surface area contributed by atoms with Gasteiger partial charge in [0.2, 0.25) is 0 Å². The SMILES string of the molecule is CC=Cc1ccc(C=Cc2ccccc2)s1. The Morgan fingerprint density at radius 1 is 0.812 bits per heavy atom. The van der Waals surface area contributed by atoms with Crippen LogP contribution in [-0.2, 0) is 0 Å². The first-order valence-electron chi connectivity index (χ1n) is 5.34. The van der Waals surface area contributed by atoms with E-state index in [0.29, 0.717) is 0 Å². The maximum absolute atomic E-state index is 2.16. The van der Waals surface area contributed by atoms with Crippen LogP contribution >= 0.6 is 11.3 Å². The fraction of sp³-hybridized carbons (Fsp3) is 0.0667. The summed E-state index contributed by atoms with van der Waals surface area (Å²) in [5.74, 6) is 0. The van der Waals surface area contributed by atoms with E-state index < -0.39 is 0 Å². The van der Waals surface area contributed by atoms with Crippen LogP contribution in [0.15, 0.2) is 48.5 Å². The normalized spacial score (nSPS) is 11.6. The summed E-state index contributed by atoms with van der Waals surface area (Å²) < 4.78 is 0. The minimum Gasteiger partial charge on any atom is -0.137 e. The predicted octanol–water partition coefficient (Wildman–Crippen LogP) is 4.95. The van der Waals surface area contributed by atoms with E-state index in [0.717, 1.165) is 0 Å². The van der Waals surface area contributed by atoms with Crippen LogP contribution in [0.1, 0.15) is 22.2 Å². The molecular formula is C15H14S. The molecule has 1 aromatic carbocycles. The average molecular weight is 226 g/mol. The van der Waals surface area contributed by atoms with Crippen LogP contribution in [0.2, 0.25) is 0 Å². The summed E-state index contributed by atoms with van der Waals surface area (Å²) in [4.78, 5) is 2.59. The first-order valence-corrected chi connectivity index (χ1v) is 6.16. The van der Waals surface area contributed by atoms with Crippen molar-refractivity contribution in [3.05, 3.63) is 63.9 Å². The lowest BCUT2D eigenvalue weighted by atomic mass is 10.2. The van der Waals surface area contributed by atoms with Gasteiger partial charge in [0.15, 0.2) is 0 Å². The summed E-state index contributed by atoms with van der Waals surface area (Å²) in [6.45, 7) is 2.04. The molecule has 0 radical (unpaired) electrons. The number of allylic oxidation sites excluding steroid dienone is 1. The molecule has 1 aromatic heterocycles. The smallest absolute Gasteiger partial charge is 0.0276 e. The second-order valence-electron chi connectivity index (χ2n) is 3.48. The van der Waals surface area contributed by atoms with Gasteiger partial charge in [-0.2, -0.15) is 0 Å². The highest BCUT2D eigenvalue weighted by Gasteiger charge is 1.92. The van der Waals surface area contributed by atoms with Gasteiger partial charge in [-0.1, -0.05) is 42.5 Å². The topological polar surface area (TPSA) is 0 Å². The molecule has 0 atom stereocenters. The quantitative estimate of drug-likeness (QED) is 0.694. The molecule has 2 rings (SSSR count). The molecule has 0 nitrogen and oxygen atoms in total. The van der Waals surface area contributed by atoms with Crippen LogP contribution < -0.4 is 0 Å². The molecule has 0 spiro atoms. The lowest BCUT2D eigenvalue weighted by molar-refractivity contribution is 1.67. The number of hydrogen-bond acceptors (Lipinski definition) is 1. The maximum Gasteiger partial charge on any atom is 0.0276 e. The van der Waals surface area contributed by atoms with E-state index >= 15 is 0 Å². The summed E-state index contributed by atoms with van der Waals surface area (Å²) in [5, 5.41) is 0. The van der Waals surface area contributed by atoms with Crippen LogP contribution in [0, 0.1) is 0 Å². The second kappa shape index (κ2) is 5.47. The summed E-state index contributed by atoms with van der Waals surface area (Å²) in [5.41, 5.74) is 1.24. The third-order valence-electron chi connectivity index (χ3n) is 2.22. The van der Waals surface area contributed by atoms with Crippen LogP contribution in [-0.4, -0.2) is 0 Å². The Balaban J connectivity index is 2.12. The zero-order chi connectivity index (χ0) is 11.2. The fourth-order valence-electron chi connectivity index (χ4n) is 1.45. The number of benzene rings is 1. The third kappa shape index (κ3) is 2.94. The van der Waals surface area contributed by atoms with Gasteiger partial charge in [-0.15, -0.1) is 11.3 Å². The van der Waals surface area contributed by atoms with E-state index in [2.05, 4.69) is 60.7 Å². The van der Waals surface area contributed by atoms with Crippen molar-refractivity contribution < 1.29 is 0 Å². The third-order valence-corrected chi connectivity index (χ3v) is 3.23. The summed E-state index contributed by atoms with van der Waals surface area (Å²) in [7, 11) is 0. The van der Waals surface area contributed by atoms with E-state index in [1.54, 1.807) is 11.3 Å². The molecular weight excluding hydrogens is 212 g/mol. The van der Waals surface area contributed by atoms with Crippen molar-refractivity contribution in [2.45, 2.75) is 6.92 Å². The molecule has 16 heavy (non-hydrogen) atoms. The summed E-state index contributed by atoms with van der Waals surface area (Å²) in [6.07, 6.45) is 8.50. The van der Waals surface area contributed by atoms with Crippen molar-refractivity contribution >= 4 is 29.6 Å². The van der Waals surface area contributed by atoms with Gasteiger partial charge in [-0.05, 0) is 36.8 Å². The molecule has 80 valence electrons. The van der Waals surface area contributed by atoms with Crippen molar-refractivity contribution in [1.29, 1.82) is 0 Å². The standard InChI is InChI=1S/C15H14S/c1-2-6-14-11-12-15(16-14)10-9-13-7-4-3-5-8-13/h2-12H,1H3. The van der Waals surface area contributed by atoms with Crippen molar-refractivity contribution in [2.24, 2.45) is 0 Å². The molecule has 1 heterocycles. The Morgan fingerprint density at radius 2 is 1.50 bits per heavy atom. The Hall–Kier alpha value is -1.60. The Morgan fingerprint density at radius 3 is 2.19 bits per heavy atom. The molecule has 0 aliphatic carbocycles. The molecule has 0 saturated heterocycles. The van der Waals surface area contributed by atoms with Crippen LogP contribution in [0.25, 0.3) is 18.2 Å². The monoisotopic (exact) mass is 226 g/mol. The molecule has 0 saturated carbocycles. The number of thiophene rings is 1. The molecule has 0 aliphatic heterocycles.